The van der Waals surface area contributed by atoms with Gasteiger partial charge < -0.3 is 14.6 Å². The van der Waals surface area contributed by atoms with E-state index < -0.39 is 0 Å². The topological polar surface area (TPSA) is 26.2 Å². The van der Waals surface area contributed by atoms with E-state index in [-0.39, 0.29) is 0 Å². The Morgan fingerprint density at radius 2 is 1.95 bits per heavy atom. The molecule has 0 radical (unpaired) electrons. The van der Waals surface area contributed by atoms with E-state index in [0.29, 0.717) is 0 Å². The van der Waals surface area contributed by atoms with Crippen molar-refractivity contribution < 1.29 is 4.74 Å². The number of hydrogen-bond acceptors (Lipinski definition) is 2. The van der Waals surface area contributed by atoms with Crippen LogP contribution >= 0.6 is 0 Å². The molecule has 21 heavy (non-hydrogen) atoms. The standard InChI is InChI=1S/C18H16N2O/c1-21-14-9-10-15-17(12-14)20-11-5-8-16(20)18(15)19-13-6-3-2-4-7-13/h2-10,12,19H,11H2,1H3. The van der Waals surface area contributed by atoms with E-state index in [1.807, 2.05) is 24.3 Å². The molecule has 0 bridgehead atoms. The Kier molecular flexibility index (Phi) is 2.71. The minimum Gasteiger partial charge on any atom is -0.497 e. The molecule has 1 aromatic heterocycles. The van der Waals surface area contributed by atoms with E-state index in [9.17, 15) is 0 Å². The minimum absolute atomic E-state index is 0.890. The number of para-hydroxylation sites is 1. The lowest BCUT2D eigenvalue weighted by atomic mass is 10.2. The van der Waals surface area contributed by atoms with Crippen LogP contribution in [0.25, 0.3) is 17.0 Å². The van der Waals surface area contributed by atoms with Gasteiger partial charge >= 0.3 is 0 Å². The largest absolute Gasteiger partial charge is 0.497 e. The average Bonchev–Trinajstić information content (AvgIpc) is 3.11. The molecular weight excluding hydrogens is 260 g/mol. The molecule has 3 heteroatoms. The lowest BCUT2D eigenvalue weighted by Gasteiger charge is -2.06. The predicted octanol–water partition coefficient (Wildman–Crippen LogP) is 4.42. The third-order valence-corrected chi connectivity index (χ3v) is 3.92. The summed E-state index contributed by atoms with van der Waals surface area (Å²) in [6.07, 6.45) is 4.36. The average molecular weight is 276 g/mol. The number of methoxy groups -OCH3 is 1. The Labute approximate surface area is 123 Å². The summed E-state index contributed by atoms with van der Waals surface area (Å²) in [5.74, 6) is 0.890. The van der Waals surface area contributed by atoms with Gasteiger partial charge in [0.05, 0.1) is 24.0 Å². The van der Waals surface area contributed by atoms with Crippen molar-refractivity contribution >= 4 is 28.4 Å². The third kappa shape index (κ3) is 1.89. The summed E-state index contributed by atoms with van der Waals surface area (Å²) in [4.78, 5) is 0. The van der Waals surface area contributed by atoms with Crippen molar-refractivity contribution in [3.05, 3.63) is 60.3 Å². The number of ether oxygens (including phenoxy) is 1. The summed E-state index contributed by atoms with van der Waals surface area (Å²) in [6, 6.07) is 16.5. The number of rotatable bonds is 3. The number of fused-ring (bicyclic) bond motifs is 3. The van der Waals surface area contributed by atoms with E-state index in [1.165, 1.54) is 16.6 Å². The van der Waals surface area contributed by atoms with Crippen LogP contribution in [0.5, 0.6) is 5.75 Å². The number of aromatic nitrogens is 1. The lowest BCUT2D eigenvalue weighted by molar-refractivity contribution is 0.415. The van der Waals surface area contributed by atoms with Gasteiger partial charge in [0.1, 0.15) is 5.75 Å². The molecule has 3 nitrogen and oxygen atoms in total. The molecule has 0 atom stereocenters. The van der Waals surface area contributed by atoms with Crippen molar-refractivity contribution in [1.29, 1.82) is 0 Å². The van der Waals surface area contributed by atoms with Crippen molar-refractivity contribution in [3.63, 3.8) is 0 Å². The Bertz CT molecular complexity index is 831. The van der Waals surface area contributed by atoms with Crippen molar-refractivity contribution in [1.82, 2.24) is 4.57 Å². The van der Waals surface area contributed by atoms with Gasteiger partial charge in [0.25, 0.3) is 0 Å². The third-order valence-electron chi connectivity index (χ3n) is 3.92. The highest BCUT2D eigenvalue weighted by Gasteiger charge is 2.18. The van der Waals surface area contributed by atoms with Crippen molar-refractivity contribution in [3.8, 4) is 5.75 Å². The molecule has 0 saturated carbocycles. The van der Waals surface area contributed by atoms with Gasteiger partial charge in [-0.3, -0.25) is 0 Å². The summed E-state index contributed by atoms with van der Waals surface area (Å²) < 4.78 is 7.66. The number of nitrogens with zero attached hydrogens (tertiary/aromatic N) is 1. The molecule has 2 aromatic carbocycles. The van der Waals surface area contributed by atoms with Crippen LogP contribution in [0.4, 0.5) is 11.4 Å². The van der Waals surface area contributed by atoms with Gasteiger partial charge in [-0.15, -0.1) is 0 Å². The number of hydrogen-bond donors (Lipinski definition) is 1. The zero-order chi connectivity index (χ0) is 14.2. The minimum atomic E-state index is 0.890. The maximum absolute atomic E-state index is 5.36. The van der Waals surface area contributed by atoms with E-state index >= 15 is 0 Å². The lowest BCUT2D eigenvalue weighted by Crippen LogP contribution is -1.94. The van der Waals surface area contributed by atoms with Crippen LogP contribution in [0, 0.1) is 0 Å². The maximum atomic E-state index is 5.36. The molecule has 0 aliphatic carbocycles. The van der Waals surface area contributed by atoms with Crippen LogP contribution in [-0.4, -0.2) is 11.7 Å². The molecule has 0 amide bonds. The zero-order valence-electron chi connectivity index (χ0n) is 11.8. The summed E-state index contributed by atoms with van der Waals surface area (Å²) in [7, 11) is 1.70. The Morgan fingerprint density at radius 3 is 2.76 bits per heavy atom. The molecule has 1 aliphatic rings. The van der Waals surface area contributed by atoms with Gasteiger partial charge in [-0.2, -0.15) is 0 Å². The Hall–Kier alpha value is -2.68. The van der Waals surface area contributed by atoms with Crippen LogP contribution in [0.3, 0.4) is 0 Å². The highest BCUT2D eigenvalue weighted by molar-refractivity contribution is 6.01. The smallest absolute Gasteiger partial charge is 0.120 e. The first kappa shape index (κ1) is 12.1. The van der Waals surface area contributed by atoms with Gasteiger partial charge in [0.15, 0.2) is 0 Å². The number of benzene rings is 2. The fourth-order valence-corrected chi connectivity index (χ4v) is 2.91. The summed E-state index contributed by atoms with van der Waals surface area (Å²) in [5, 5.41) is 4.77. The van der Waals surface area contributed by atoms with Crippen LogP contribution in [0.2, 0.25) is 0 Å². The molecule has 0 spiro atoms. The first-order chi connectivity index (χ1) is 10.4. The second kappa shape index (κ2) is 4.70. The molecule has 0 unspecified atom stereocenters. The van der Waals surface area contributed by atoms with E-state index in [4.69, 9.17) is 4.74 Å². The molecule has 0 fully saturated rings. The number of anilines is 2. The first-order valence-electron chi connectivity index (χ1n) is 7.05. The molecule has 104 valence electrons. The monoisotopic (exact) mass is 276 g/mol. The highest BCUT2D eigenvalue weighted by Crippen LogP contribution is 2.38. The van der Waals surface area contributed by atoms with Crippen LogP contribution < -0.4 is 10.1 Å². The van der Waals surface area contributed by atoms with Gasteiger partial charge in [0, 0.05) is 23.7 Å². The molecular formula is C18H16N2O. The summed E-state index contributed by atoms with van der Waals surface area (Å²) in [6.45, 7) is 0.912. The Balaban J connectivity index is 1.90. The van der Waals surface area contributed by atoms with E-state index in [1.54, 1.807) is 7.11 Å². The van der Waals surface area contributed by atoms with Crippen molar-refractivity contribution in [2.75, 3.05) is 12.4 Å². The number of nitrogens with one attached hydrogen (secondary N) is 1. The number of allylic oxidation sites excluding steroid dienone is 1. The van der Waals surface area contributed by atoms with Crippen LogP contribution in [0.1, 0.15) is 5.69 Å². The van der Waals surface area contributed by atoms with E-state index in [0.717, 1.165) is 23.7 Å². The van der Waals surface area contributed by atoms with Gasteiger partial charge in [-0.05, 0) is 30.3 Å². The highest BCUT2D eigenvalue weighted by atomic mass is 16.5. The van der Waals surface area contributed by atoms with Gasteiger partial charge in [0.2, 0.25) is 0 Å². The fraction of sp³-hybridized carbons (Fsp3) is 0.111. The van der Waals surface area contributed by atoms with Gasteiger partial charge in [-0.25, -0.2) is 0 Å². The molecule has 2 heterocycles. The van der Waals surface area contributed by atoms with Crippen molar-refractivity contribution in [2.24, 2.45) is 0 Å². The molecule has 3 aromatic rings. The Morgan fingerprint density at radius 1 is 1.10 bits per heavy atom. The summed E-state index contributed by atoms with van der Waals surface area (Å²) in [5.41, 5.74) is 4.69. The second-order valence-corrected chi connectivity index (χ2v) is 5.15. The predicted molar refractivity (Wildman–Crippen MR) is 87.2 cm³/mol. The molecule has 4 rings (SSSR count). The van der Waals surface area contributed by atoms with Crippen LogP contribution in [0.15, 0.2) is 54.6 Å². The van der Waals surface area contributed by atoms with Crippen molar-refractivity contribution in [2.45, 2.75) is 6.54 Å². The molecule has 1 aliphatic heterocycles. The first-order valence-corrected chi connectivity index (χ1v) is 7.05. The normalized spacial score (nSPS) is 12.6. The second-order valence-electron chi connectivity index (χ2n) is 5.15. The van der Waals surface area contributed by atoms with Crippen LogP contribution in [-0.2, 0) is 6.54 Å². The quantitative estimate of drug-likeness (QED) is 0.766. The molecule has 1 N–H and O–H groups in total. The molecule has 0 saturated heterocycles. The fourth-order valence-electron chi connectivity index (χ4n) is 2.91. The van der Waals surface area contributed by atoms with Gasteiger partial charge in [-0.1, -0.05) is 24.3 Å². The SMILES string of the molecule is COc1ccc2c(Nc3ccccc3)c3n(c2c1)CC=C3. The maximum Gasteiger partial charge on any atom is 0.120 e. The zero-order valence-corrected chi connectivity index (χ0v) is 11.8. The summed E-state index contributed by atoms with van der Waals surface area (Å²) >= 11 is 0. The van der Waals surface area contributed by atoms with E-state index in [2.05, 4.69) is 46.3 Å².